The monoisotopic (exact) mass is 284 g/mol. The van der Waals surface area contributed by atoms with Crippen LogP contribution in [0, 0.1) is 12.3 Å². The zero-order valence-electron chi connectivity index (χ0n) is 9.42. The molecular weight excluding hydrogens is 268 g/mol. The molecule has 3 nitrogen and oxygen atoms in total. The van der Waals surface area contributed by atoms with Crippen molar-refractivity contribution in [3.05, 3.63) is 28.2 Å². The number of nitrogens with two attached hydrogens (primary N) is 1. The maximum atomic E-state index is 7.08. The van der Waals surface area contributed by atoms with Crippen molar-refractivity contribution in [2.45, 2.75) is 26.2 Å². The summed E-state index contributed by atoms with van der Waals surface area (Å²) in [5, 5.41) is 7.08. The summed E-state index contributed by atoms with van der Waals surface area (Å²) in [6.07, 6.45) is 2.49. The Hall–Kier alpha value is -1.03. The molecule has 0 spiro atoms. The second-order valence-corrected chi connectivity index (χ2v) is 4.60. The number of hydrogen-bond donors (Lipinski definition) is 2. The first-order valence-corrected chi connectivity index (χ1v) is 6.11. The minimum Gasteiger partial charge on any atom is -0.494 e. The van der Waals surface area contributed by atoms with Crippen LogP contribution < -0.4 is 10.5 Å². The highest BCUT2D eigenvalue weighted by Crippen LogP contribution is 2.21. The van der Waals surface area contributed by atoms with Crippen LogP contribution in [0.1, 0.15) is 24.8 Å². The summed E-state index contributed by atoms with van der Waals surface area (Å²) in [4.78, 5) is 0. The van der Waals surface area contributed by atoms with Gasteiger partial charge in [0.15, 0.2) is 0 Å². The Bertz CT molecular complexity index is 366. The van der Waals surface area contributed by atoms with E-state index in [9.17, 15) is 0 Å². The number of unbranched alkanes of at least 4 members (excludes halogenated alkanes) is 1. The molecule has 0 unspecified atom stereocenters. The van der Waals surface area contributed by atoms with Gasteiger partial charge in [0, 0.05) is 10.9 Å². The minimum atomic E-state index is 0.250. The number of nitrogens with one attached hydrogen (secondary N) is 1. The number of rotatable bonds is 6. The Morgan fingerprint density at radius 1 is 1.44 bits per heavy atom. The van der Waals surface area contributed by atoms with Gasteiger partial charge in [-0.1, -0.05) is 15.9 Å². The van der Waals surface area contributed by atoms with E-state index in [1.807, 2.05) is 25.1 Å². The zero-order chi connectivity index (χ0) is 12.0. The number of ether oxygens (including phenoxy) is 1. The van der Waals surface area contributed by atoms with E-state index in [2.05, 4.69) is 15.9 Å². The minimum absolute atomic E-state index is 0.250. The summed E-state index contributed by atoms with van der Waals surface area (Å²) < 4.78 is 6.69. The van der Waals surface area contributed by atoms with Crippen LogP contribution >= 0.6 is 15.9 Å². The predicted octanol–water partition coefficient (Wildman–Crippen LogP) is 3.24. The van der Waals surface area contributed by atoms with Crippen LogP contribution in [-0.4, -0.2) is 12.4 Å². The molecular formula is C12H17BrN2O. The molecule has 0 amide bonds. The lowest BCUT2D eigenvalue weighted by molar-refractivity contribution is 0.307. The van der Waals surface area contributed by atoms with Crippen LogP contribution in [0.2, 0.25) is 0 Å². The molecule has 0 bridgehead atoms. The van der Waals surface area contributed by atoms with Gasteiger partial charge in [-0.2, -0.15) is 0 Å². The number of hydrogen-bond acceptors (Lipinski definition) is 2. The molecule has 0 heterocycles. The van der Waals surface area contributed by atoms with Gasteiger partial charge < -0.3 is 10.5 Å². The lowest BCUT2D eigenvalue weighted by Crippen LogP contribution is -2.09. The summed E-state index contributed by atoms with van der Waals surface area (Å²) in [5.41, 5.74) is 6.43. The largest absolute Gasteiger partial charge is 0.494 e. The summed E-state index contributed by atoms with van der Waals surface area (Å²) in [6.45, 7) is 2.71. The fourth-order valence-corrected chi connectivity index (χ4v) is 1.56. The summed E-state index contributed by atoms with van der Waals surface area (Å²) in [5.74, 6) is 1.14. The molecule has 0 aliphatic carbocycles. The molecule has 16 heavy (non-hydrogen) atoms. The summed E-state index contributed by atoms with van der Waals surface area (Å²) in [6, 6.07) is 5.94. The van der Waals surface area contributed by atoms with E-state index in [4.69, 9.17) is 15.9 Å². The van der Waals surface area contributed by atoms with Gasteiger partial charge in [-0.25, -0.2) is 0 Å². The molecule has 0 aromatic heterocycles. The summed E-state index contributed by atoms with van der Waals surface area (Å²) >= 11 is 3.45. The van der Waals surface area contributed by atoms with Gasteiger partial charge in [0.2, 0.25) is 0 Å². The summed E-state index contributed by atoms with van der Waals surface area (Å²) in [7, 11) is 0. The fraction of sp³-hybridized carbons (Fsp3) is 0.417. The van der Waals surface area contributed by atoms with E-state index >= 15 is 0 Å². The van der Waals surface area contributed by atoms with Gasteiger partial charge >= 0.3 is 0 Å². The molecule has 0 saturated heterocycles. The van der Waals surface area contributed by atoms with Crippen LogP contribution in [0.3, 0.4) is 0 Å². The van der Waals surface area contributed by atoms with E-state index in [1.54, 1.807) is 0 Å². The van der Waals surface area contributed by atoms with Crippen molar-refractivity contribution in [3.8, 4) is 5.75 Å². The van der Waals surface area contributed by atoms with Crippen LogP contribution in [0.5, 0.6) is 5.75 Å². The van der Waals surface area contributed by atoms with Gasteiger partial charge in [0.1, 0.15) is 5.75 Å². The lowest BCUT2D eigenvalue weighted by Gasteiger charge is -2.07. The van der Waals surface area contributed by atoms with Gasteiger partial charge in [0.05, 0.1) is 12.4 Å². The van der Waals surface area contributed by atoms with Crippen molar-refractivity contribution < 1.29 is 4.74 Å². The van der Waals surface area contributed by atoms with Gasteiger partial charge in [-0.05, 0) is 43.5 Å². The number of aryl methyl sites for hydroxylation is 1. The first kappa shape index (κ1) is 13.0. The Morgan fingerprint density at radius 3 is 2.81 bits per heavy atom. The average molecular weight is 285 g/mol. The molecule has 0 saturated carbocycles. The van der Waals surface area contributed by atoms with Gasteiger partial charge in [-0.15, -0.1) is 0 Å². The Morgan fingerprint density at radius 2 is 2.19 bits per heavy atom. The smallest absolute Gasteiger partial charge is 0.119 e. The molecule has 0 radical (unpaired) electrons. The topological polar surface area (TPSA) is 59.1 Å². The Kier molecular flexibility index (Phi) is 5.32. The highest BCUT2D eigenvalue weighted by atomic mass is 79.9. The number of halogens is 1. The molecule has 1 aromatic carbocycles. The van der Waals surface area contributed by atoms with Crippen LogP contribution in [0.15, 0.2) is 22.7 Å². The molecule has 88 valence electrons. The highest BCUT2D eigenvalue weighted by Gasteiger charge is 1.98. The third-order valence-electron chi connectivity index (χ3n) is 2.24. The first-order chi connectivity index (χ1) is 7.59. The second-order valence-electron chi connectivity index (χ2n) is 3.74. The predicted molar refractivity (Wildman–Crippen MR) is 70.1 cm³/mol. The van der Waals surface area contributed by atoms with E-state index in [0.717, 1.165) is 23.1 Å². The normalized spacial score (nSPS) is 10.1. The maximum absolute atomic E-state index is 7.08. The molecule has 1 aromatic rings. The standard InChI is InChI=1S/C12H17BrN2O/c1-9-8-10(5-6-11(9)13)16-7-3-2-4-12(14)15/h5-6,8H,2-4,7H2,1H3,(H3,14,15). The van der Waals surface area contributed by atoms with E-state index < -0.39 is 0 Å². The molecule has 1 rings (SSSR count). The quantitative estimate of drug-likeness (QED) is 0.479. The van der Waals surface area contributed by atoms with E-state index in [1.165, 1.54) is 5.56 Å². The average Bonchev–Trinajstić information content (AvgIpc) is 2.22. The first-order valence-electron chi connectivity index (χ1n) is 5.31. The molecule has 0 aliphatic rings. The molecule has 3 N–H and O–H groups in total. The maximum Gasteiger partial charge on any atom is 0.119 e. The number of amidine groups is 1. The van der Waals surface area contributed by atoms with Crippen molar-refractivity contribution in [2.75, 3.05) is 6.61 Å². The van der Waals surface area contributed by atoms with Gasteiger partial charge in [-0.3, -0.25) is 5.41 Å². The van der Waals surface area contributed by atoms with Crippen molar-refractivity contribution in [2.24, 2.45) is 5.73 Å². The molecule has 4 heteroatoms. The van der Waals surface area contributed by atoms with E-state index in [0.29, 0.717) is 13.0 Å². The van der Waals surface area contributed by atoms with Crippen molar-refractivity contribution in [1.82, 2.24) is 0 Å². The molecule has 0 aliphatic heterocycles. The third-order valence-corrected chi connectivity index (χ3v) is 3.13. The number of benzene rings is 1. The highest BCUT2D eigenvalue weighted by molar-refractivity contribution is 9.10. The molecule has 0 fully saturated rings. The van der Waals surface area contributed by atoms with E-state index in [-0.39, 0.29) is 5.84 Å². The SMILES string of the molecule is Cc1cc(OCCCCC(=N)N)ccc1Br. The van der Waals surface area contributed by atoms with Crippen LogP contribution in [0.25, 0.3) is 0 Å². The van der Waals surface area contributed by atoms with Crippen molar-refractivity contribution in [3.63, 3.8) is 0 Å². The Balaban J connectivity index is 2.27. The Labute approximate surface area is 105 Å². The third kappa shape index (κ3) is 4.66. The van der Waals surface area contributed by atoms with Crippen LogP contribution in [-0.2, 0) is 0 Å². The zero-order valence-corrected chi connectivity index (χ0v) is 11.0. The fourth-order valence-electron chi connectivity index (χ4n) is 1.31. The second kappa shape index (κ2) is 6.53. The van der Waals surface area contributed by atoms with Crippen LogP contribution in [0.4, 0.5) is 0 Å². The van der Waals surface area contributed by atoms with Crippen molar-refractivity contribution >= 4 is 21.8 Å². The van der Waals surface area contributed by atoms with Gasteiger partial charge in [0.25, 0.3) is 0 Å². The molecule has 0 atom stereocenters. The lowest BCUT2D eigenvalue weighted by atomic mass is 10.2. The van der Waals surface area contributed by atoms with Crippen molar-refractivity contribution in [1.29, 1.82) is 5.41 Å².